The van der Waals surface area contributed by atoms with E-state index < -0.39 is 0 Å². The number of aryl methyl sites for hydroxylation is 1. The maximum absolute atomic E-state index is 11.9. The van der Waals surface area contributed by atoms with Crippen molar-refractivity contribution < 1.29 is 4.79 Å². The third-order valence-corrected chi connectivity index (χ3v) is 3.92. The molecule has 0 fully saturated rings. The van der Waals surface area contributed by atoms with Crippen LogP contribution in [0.25, 0.3) is 0 Å². The van der Waals surface area contributed by atoms with Crippen LogP contribution >= 0.6 is 0 Å². The maximum Gasteiger partial charge on any atom is 0.229 e. The molecule has 0 saturated carbocycles. The number of amides is 1. The minimum Gasteiger partial charge on any atom is -0.340 e. The molecule has 144 valence electrons. The van der Waals surface area contributed by atoms with Crippen molar-refractivity contribution in [3.63, 3.8) is 0 Å². The minimum atomic E-state index is 0.0226. The monoisotopic (exact) mass is 375 g/mol. The number of hydrogen-bond donors (Lipinski definition) is 3. The molecule has 0 saturated heterocycles. The largest absolute Gasteiger partial charge is 0.340 e. The molecule has 0 aliphatic carbocycles. The molecule has 6 nitrogen and oxygen atoms in total. The van der Waals surface area contributed by atoms with Crippen molar-refractivity contribution in [1.82, 2.24) is 9.97 Å². The van der Waals surface area contributed by atoms with Gasteiger partial charge < -0.3 is 16.0 Å². The number of aromatic nitrogens is 2. The molecule has 28 heavy (non-hydrogen) atoms. The van der Waals surface area contributed by atoms with Gasteiger partial charge in [-0.25, -0.2) is 4.98 Å². The Morgan fingerprint density at radius 1 is 0.893 bits per heavy atom. The fourth-order valence-electron chi connectivity index (χ4n) is 2.71. The Morgan fingerprint density at radius 2 is 1.54 bits per heavy atom. The number of benzene rings is 2. The number of carbonyl (C=O) groups excluding carboxylic acids is 1. The number of para-hydroxylation sites is 1. The molecule has 3 rings (SSSR count). The van der Waals surface area contributed by atoms with Crippen molar-refractivity contribution in [2.24, 2.45) is 5.92 Å². The zero-order chi connectivity index (χ0) is 19.9. The molecular weight excluding hydrogens is 350 g/mol. The number of nitrogens with one attached hydrogen (secondary N) is 3. The van der Waals surface area contributed by atoms with Gasteiger partial charge in [0.25, 0.3) is 0 Å². The van der Waals surface area contributed by atoms with Crippen molar-refractivity contribution in [1.29, 1.82) is 0 Å². The normalized spacial score (nSPS) is 10.6. The molecular formula is C22H25N5O. The maximum atomic E-state index is 11.9. The zero-order valence-electron chi connectivity index (χ0n) is 16.4. The highest BCUT2D eigenvalue weighted by atomic mass is 16.1. The van der Waals surface area contributed by atoms with E-state index in [1.165, 1.54) is 0 Å². The van der Waals surface area contributed by atoms with Crippen molar-refractivity contribution in [3.05, 3.63) is 66.4 Å². The molecule has 0 atom stereocenters. The second-order valence-electron chi connectivity index (χ2n) is 7.06. The van der Waals surface area contributed by atoms with Gasteiger partial charge in [-0.3, -0.25) is 4.79 Å². The Hall–Kier alpha value is -3.41. The van der Waals surface area contributed by atoms with Crippen LogP contribution in [0.3, 0.4) is 0 Å². The van der Waals surface area contributed by atoms with Gasteiger partial charge in [0.2, 0.25) is 11.9 Å². The van der Waals surface area contributed by atoms with Gasteiger partial charge in [-0.1, -0.05) is 32.0 Å². The van der Waals surface area contributed by atoms with E-state index in [0.29, 0.717) is 18.3 Å². The summed E-state index contributed by atoms with van der Waals surface area (Å²) in [5, 5.41) is 9.39. The fraction of sp³-hybridized carbons (Fsp3) is 0.227. The van der Waals surface area contributed by atoms with Crippen molar-refractivity contribution in [2.75, 3.05) is 16.0 Å². The van der Waals surface area contributed by atoms with E-state index in [1.54, 1.807) is 0 Å². The summed E-state index contributed by atoms with van der Waals surface area (Å²) >= 11 is 0. The van der Waals surface area contributed by atoms with Crippen LogP contribution in [0.15, 0.2) is 60.7 Å². The van der Waals surface area contributed by atoms with Gasteiger partial charge >= 0.3 is 0 Å². The molecule has 1 amide bonds. The van der Waals surface area contributed by atoms with Crippen LogP contribution in [0.5, 0.6) is 0 Å². The van der Waals surface area contributed by atoms with Gasteiger partial charge in [0.1, 0.15) is 5.82 Å². The Kier molecular flexibility index (Phi) is 6.22. The number of hydrogen-bond acceptors (Lipinski definition) is 5. The van der Waals surface area contributed by atoms with E-state index in [2.05, 4.69) is 25.9 Å². The zero-order valence-corrected chi connectivity index (χ0v) is 16.4. The molecule has 3 aromatic rings. The summed E-state index contributed by atoms with van der Waals surface area (Å²) < 4.78 is 0. The van der Waals surface area contributed by atoms with Crippen molar-refractivity contribution in [3.8, 4) is 0 Å². The molecule has 0 aliphatic rings. The average Bonchev–Trinajstić information content (AvgIpc) is 2.63. The van der Waals surface area contributed by atoms with Crippen LogP contribution in [0.2, 0.25) is 0 Å². The Bertz CT molecular complexity index is 923. The second-order valence-corrected chi connectivity index (χ2v) is 7.06. The van der Waals surface area contributed by atoms with Crippen LogP contribution in [0.4, 0.5) is 28.8 Å². The first kappa shape index (κ1) is 19.4. The summed E-state index contributed by atoms with van der Waals surface area (Å²) in [7, 11) is 0. The van der Waals surface area contributed by atoms with E-state index >= 15 is 0 Å². The number of anilines is 5. The topological polar surface area (TPSA) is 78.9 Å². The smallest absolute Gasteiger partial charge is 0.229 e. The molecule has 1 aromatic heterocycles. The quantitative estimate of drug-likeness (QED) is 0.525. The number of carbonyl (C=O) groups is 1. The lowest BCUT2D eigenvalue weighted by Crippen LogP contribution is -2.13. The second kappa shape index (κ2) is 8.99. The fourth-order valence-corrected chi connectivity index (χ4v) is 2.71. The summed E-state index contributed by atoms with van der Waals surface area (Å²) in [6.07, 6.45) is 0.508. The molecule has 0 aliphatic heterocycles. The van der Waals surface area contributed by atoms with Crippen molar-refractivity contribution >= 4 is 34.7 Å². The van der Waals surface area contributed by atoms with E-state index in [0.717, 1.165) is 28.6 Å². The van der Waals surface area contributed by atoms with E-state index in [4.69, 9.17) is 0 Å². The van der Waals surface area contributed by atoms with Crippen LogP contribution in [-0.4, -0.2) is 15.9 Å². The van der Waals surface area contributed by atoms with E-state index in [9.17, 15) is 4.79 Å². The summed E-state index contributed by atoms with van der Waals surface area (Å²) in [6.45, 7) is 5.97. The van der Waals surface area contributed by atoms with Gasteiger partial charge in [0, 0.05) is 35.2 Å². The first-order valence-corrected chi connectivity index (χ1v) is 9.32. The van der Waals surface area contributed by atoms with Crippen LogP contribution in [0, 0.1) is 12.8 Å². The van der Waals surface area contributed by atoms with Crippen molar-refractivity contribution in [2.45, 2.75) is 27.2 Å². The van der Waals surface area contributed by atoms with Gasteiger partial charge in [-0.2, -0.15) is 4.98 Å². The van der Waals surface area contributed by atoms with Crippen LogP contribution in [-0.2, 0) is 4.79 Å². The van der Waals surface area contributed by atoms with E-state index in [-0.39, 0.29) is 5.91 Å². The molecule has 0 unspecified atom stereocenters. The van der Waals surface area contributed by atoms with Crippen LogP contribution in [0.1, 0.15) is 26.0 Å². The van der Waals surface area contributed by atoms with Crippen LogP contribution < -0.4 is 16.0 Å². The van der Waals surface area contributed by atoms with Gasteiger partial charge in [-0.05, 0) is 49.2 Å². The summed E-state index contributed by atoms with van der Waals surface area (Å²) in [4.78, 5) is 20.8. The SMILES string of the molecule is Cc1cc(Nc2ccccc2)nc(Nc2ccc(NC(=O)CC(C)C)cc2)n1. The lowest BCUT2D eigenvalue weighted by atomic mass is 10.1. The highest BCUT2D eigenvalue weighted by molar-refractivity contribution is 5.91. The molecule has 0 bridgehead atoms. The summed E-state index contributed by atoms with van der Waals surface area (Å²) in [5.74, 6) is 1.58. The molecule has 6 heteroatoms. The first-order chi connectivity index (χ1) is 13.5. The number of nitrogens with zero attached hydrogens (tertiary/aromatic N) is 2. The lowest BCUT2D eigenvalue weighted by molar-refractivity contribution is -0.116. The standard InChI is InChI=1S/C22H25N5O/c1-15(2)13-21(28)25-18-9-11-19(12-10-18)26-22-23-16(3)14-20(27-22)24-17-7-5-4-6-8-17/h4-12,14-15H,13H2,1-3H3,(H,25,28)(H2,23,24,26,27). The summed E-state index contributed by atoms with van der Waals surface area (Å²) in [5.41, 5.74) is 3.44. The average molecular weight is 375 g/mol. The summed E-state index contributed by atoms with van der Waals surface area (Å²) in [6, 6.07) is 19.3. The molecule has 1 heterocycles. The van der Waals surface area contributed by atoms with Gasteiger partial charge in [-0.15, -0.1) is 0 Å². The van der Waals surface area contributed by atoms with E-state index in [1.807, 2.05) is 81.4 Å². The lowest BCUT2D eigenvalue weighted by Gasteiger charge is -2.11. The first-order valence-electron chi connectivity index (χ1n) is 9.32. The Morgan fingerprint density at radius 3 is 2.21 bits per heavy atom. The minimum absolute atomic E-state index is 0.0226. The number of rotatable bonds is 7. The Balaban J connectivity index is 1.67. The highest BCUT2D eigenvalue weighted by Gasteiger charge is 2.06. The molecule has 2 aromatic carbocycles. The van der Waals surface area contributed by atoms with Gasteiger partial charge in [0.05, 0.1) is 0 Å². The Labute approximate surface area is 165 Å². The molecule has 3 N–H and O–H groups in total. The van der Waals surface area contributed by atoms with Gasteiger partial charge in [0.15, 0.2) is 0 Å². The third kappa shape index (κ3) is 5.81. The highest BCUT2D eigenvalue weighted by Crippen LogP contribution is 2.20. The third-order valence-electron chi connectivity index (χ3n) is 3.92. The predicted molar refractivity (Wildman–Crippen MR) is 114 cm³/mol. The molecule has 0 radical (unpaired) electrons. The molecule has 0 spiro atoms. The predicted octanol–water partition coefficient (Wildman–Crippen LogP) is 5.26.